The number of aryl methyl sites for hydroxylation is 1. The largest absolute Gasteiger partial charge is 0.484 e. The fourth-order valence-corrected chi connectivity index (χ4v) is 4.73. The summed E-state index contributed by atoms with van der Waals surface area (Å²) >= 11 is 0.937. The second kappa shape index (κ2) is 11.3. The van der Waals surface area contributed by atoms with E-state index in [1.54, 1.807) is 30.3 Å². The Morgan fingerprint density at radius 2 is 1.78 bits per heavy atom. The third-order valence-electron chi connectivity index (χ3n) is 5.70. The highest BCUT2D eigenvalue weighted by molar-refractivity contribution is 8.18. The maximum absolute atomic E-state index is 12.8. The molecule has 0 atom stereocenters. The number of imide groups is 1. The average Bonchev–Trinajstić information content (AvgIpc) is 3.11. The number of para-hydroxylation sites is 1. The molecule has 1 heterocycles. The lowest BCUT2D eigenvalue weighted by molar-refractivity contribution is -0.123. The smallest absolute Gasteiger partial charge is 0.293 e. The number of thioether (sulfide) groups is 1. The molecule has 0 aromatic heterocycles. The van der Waals surface area contributed by atoms with Crippen LogP contribution in [0.4, 0.5) is 10.5 Å². The molecule has 3 amide bonds. The van der Waals surface area contributed by atoms with E-state index >= 15 is 0 Å². The van der Waals surface area contributed by atoms with Crippen LogP contribution in [0, 0.1) is 6.92 Å². The first kappa shape index (κ1) is 25.3. The highest BCUT2D eigenvalue weighted by atomic mass is 32.2. The van der Waals surface area contributed by atoms with Gasteiger partial charge >= 0.3 is 0 Å². The molecule has 0 spiro atoms. The van der Waals surface area contributed by atoms with Crippen LogP contribution in [0.15, 0.2) is 77.7 Å². The van der Waals surface area contributed by atoms with Gasteiger partial charge in [0.2, 0.25) is 0 Å². The molecule has 184 valence electrons. The first-order valence-electron chi connectivity index (χ1n) is 11.7. The van der Waals surface area contributed by atoms with Crippen molar-refractivity contribution in [3.05, 3.63) is 100.0 Å². The molecule has 4 rings (SSSR count). The van der Waals surface area contributed by atoms with Crippen molar-refractivity contribution < 1.29 is 19.1 Å². The Labute approximate surface area is 215 Å². The van der Waals surface area contributed by atoms with Crippen LogP contribution in [0.1, 0.15) is 42.0 Å². The van der Waals surface area contributed by atoms with E-state index in [4.69, 9.17) is 4.74 Å². The number of benzene rings is 3. The zero-order valence-electron chi connectivity index (χ0n) is 20.5. The van der Waals surface area contributed by atoms with E-state index in [0.29, 0.717) is 16.6 Å². The molecule has 7 heteroatoms. The lowest BCUT2D eigenvalue weighted by atomic mass is 10.0. The van der Waals surface area contributed by atoms with Crippen molar-refractivity contribution in [2.75, 3.05) is 11.9 Å². The summed E-state index contributed by atoms with van der Waals surface area (Å²) in [7, 11) is 0. The average molecular weight is 501 g/mol. The highest BCUT2D eigenvalue weighted by Gasteiger charge is 2.34. The molecule has 0 radical (unpaired) electrons. The molecule has 0 saturated carbocycles. The van der Waals surface area contributed by atoms with Crippen LogP contribution in [0.2, 0.25) is 0 Å². The zero-order chi connectivity index (χ0) is 25.7. The van der Waals surface area contributed by atoms with Gasteiger partial charge in [-0.15, -0.1) is 0 Å². The van der Waals surface area contributed by atoms with E-state index in [1.807, 2.05) is 55.5 Å². The van der Waals surface area contributed by atoms with Gasteiger partial charge < -0.3 is 10.1 Å². The minimum absolute atomic E-state index is 0.121. The lowest BCUT2D eigenvalue weighted by Crippen LogP contribution is -2.27. The number of ether oxygens (including phenoxy) is 1. The van der Waals surface area contributed by atoms with Crippen LogP contribution in [0.5, 0.6) is 5.75 Å². The van der Waals surface area contributed by atoms with Gasteiger partial charge in [-0.05, 0) is 65.6 Å². The van der Waals surface area contributed by atoms with E-state index in [0.717, 1.165) is 39.7 Å². The summed E-state index contributed by atoms with van der Waals surface area (Å²) in [6, 6.07) is 22.5. The summed E-state index contributed by atoms with van der Waals surface area (Å²) < 4.78 is 5.63. The van der Waals surface area contributed by atoms with Crippen molar-refractivity contribution >= 4 is 40.6 Å². The van der Waals surface area contributed by atoms with Gasteiger partial charge in [0.25, 0.3) is 17.1 Å². The molecule has 3 aromatic carbocycles. The van der Waals surface area contributed by atoms with Crippen molar-refractivity contribution in [2.24, 2.45) is 0 Å². The molecule has 0 bridgehead atoms. The van der Waals surface area contributed by atoms with E-state index < -0.39 is 0 Å². The number of carbonyl (C=O) groups excluding carboxylic acids is 3. The van der Waals surface area contributed by atoms with Crippen LogP contribution >= 0.6 is 11.8 Å². The third kappa shape index (κ3) is 6.23. The number of carbonyl (C=O) groups is 3. The Morgan fingerprint density at radius 3 is 2.50 bits per heavy atom. The predicted octanol–water partition coefficient (Wildman–Crippen LogP) is 6.37. The summed E-state index contributed by atoms with van der Waals surface area (Å²) in [6.07, 6.45) is 1.69. The molecular weight excluding hydrogens is 472 g/mol. The molecule has 1 aliphatic rings. The molecule has 1 aliphatic heterocycles. The van der Waals surface area contributed by atoms with Gasteiger partial charge in [0.1, 0.15) is 5.75 Å². The Balaban J connectivity index is 1.34. The second-order valence-electron chi connectivity index (χ2n) is 8.90. The van der Waals surface area contributed by atoms with Crippen LogP contribution in [0.3, 0.4) is 0 Å². The fourth-order valence-electron chi connectivity index (χ4n) is 3.89. The van der Waals surface area contributed by atoms with Gasteiger partial charge in [-0.1, -0.05) is 74.0 Å². The highest BCUT2D eigenvalue weighted by Crippen LogP contribution is 2.33. The first-order valence-corrected chi connectivity index (χ1v) is 12.5. The number of hydrogen-bond donors (Lipinski definition) is 1. The van der Waals surface area contributed by atoms with Gasteiger partial charge in [-0.25, -0.2) is 0 Å². The first-order chi connectivity index (χ1) is 17.3. The number of amides is 3. The predicted molar refractivity (Wildman–Crippen MR) is 144 cm³/mol. The van der Waals surface area contributed by atoms with Crippen molar-refractivity contribution in [2.45, 2.75) is 33.2 Å². The monoisotopic (exact) mass is 500 g/mol. The summed E-state index contributed by atoms with van der Waals surface area (Å²) in [5.74, 6) is 0.283. The van der Waals surface area contributed by atoms with Crippen molar-refractivity contribution in [3.8, 4) is 5.75 Å². The maximum Gasteiger partial charge on any atom is 0.293 e. The lowest BCUT2D eigenvalue weighted by Gasteiger charge is -2.14. The molecule has 0 unspecified atom stereocenters. The van der Waals surface area contributed by atoms with E-state index in [9.17, 15) is 14.4 Å². The van der Waals surface area contributed by atoms with Gasteiger partial charge in [0.05, 0.1) is 11.4 Å². The summed E-state index contributed by atoms with van der Waals surface area (Å²) in [5, 5.41) is 2.63. The Kier molecular flexibility index (Phi) is 7.90. The van der Waals surface area contributed by atoms with Crippen LogP contribution in [0.25, 0.3) is 6.08 Å². The van der Waals surface area contributed by atoms with Gasteiger partial charge in [-0.2, -0.15) is 0 Å². The standard InChI is InChI=1S/C29H28N2O4S/c1-19(2)24-9-4-5-10-25(24)30-27(32)18-35-23-13-11-21(12-14-23)16-26-28(33)31(29(34)36-26)17-22-8-6-7-20(3)15-22/h4-16,19H,17-18H2,1-3H3,(H,30,32)/b26-16-. The second-order valence-corrected chi connectivity index (χ2v) is 9.90. The van der Waals surface area contributed by atoms with Gasteiger partial charge in [0.15, 0.2) is 6.61 Å². The topological polar surface area (TPSA) is 75.7 Å². The summed E-state index contributed by atoms with van der Waals surface area (Å²) in [4.78, 5) is 39.3. The van der Waals surface area contributed by atoms with E-state index in [1.165, 1.54) is 4.90 Å². The van der Waals surface area contributed by atoms with Crippen molar-refractivity contribution in [1.82, 2.24) is 4.90 Å². The number of hydrogen-bond acceptors (Lipinski definition) is 5. The third-order valence-corrected chi connectivity index (χ3v) is 6.61. The molecular formula is C29H28N2O4S. The van der Waals surface area contributed by atoms with Crippen LogP contribution < -0.4 is 10.1 Å². The number of anilines is 1. The molecule has 1 N–H and O–H groups in total. The van der Waals surface area contributed by atoms with E-state index in [-0.39, 0.29) is 30.2 Å². The van der Waals surface area contributed by atoms with Crippen molar-refractivity contribution in [1.29, 1.82) is 0 Å². The minimum atomic E-state index is -0.301. The Hall–Kier alpha value is -3.84. The molecule has 1 saturated heterocycles. The zero-order valence-corrected chi connectivity index (χ0v) is 21.3. The fraction of sp³-hybridized carbons (Fsp3) is 0.207. The molecule has 36 heavy (non-hydrogen) atoms. The number of rotatable bonds is 8. The molecule has 1 fully saturated rings. The van der Waals surface area contributed by atoms with Gasteiger partial charge in [0, 0.05) is 5.69 Å². The normalized spacial score (nSPS) is 14.6. The van der Waals surface area contributed by atoms with Gasteiger partial charge in [-0.3, -0.25) is 19.3 Å². The quantitative estimate of drug-likeness (QED) is 0.364. The maximum atomic E-state index is 12.8. The minimum Gasteiger partial charge on any atom is -0.484 e. The number of nitrogens with zero attached hydrogens (tertiary/aromatic N) is 1. The van der Waals surface area contributed by atoms with Crippen LogP contribution in [-0.2, 0) is 16.1 Å². The molecule has 0 aliphatic carbocycles. The Morgan fingerprint density at radius 1 is 1.03 bits per heavy atom. The Bertz CT molecular complexity index is 1310. The summed E-state index contributed by atoms with van der Waals surface area (Å²) in [6.45, 7) is 6.26. The van der Waals surface area contributed by atoms with Crippen molar-refractivity contribution in [3.63, 3.8) is 0 Å². The molecule has 6 nitrogen and oxygen atoms in total. The van der Waals surface area contributed by atoms with Crippen LogP contribution in [-0.4, -0.2) is 28.6 Å². The molecule has 3 aromatic rings. The number of nitrogens with one attached hydrogen (secondary N) is 1. The van der Waals surface area contributed by atoms with E-state index in [2.05, 4.69) is 19.2 Å². The SMILES string of the molecule is Cc1cccc(CN2C(=O)S/C(=C\c3ccc(OCC(=O)Nc4ccccc4C(C)C)cc3)C2=O)c1. The summed E-state index contributed by atoms with van der Waals surface area (Å²) in [5.41, 5.74) is 4.61.